The number of benzene rings is 1. The van der Waals surface area contributed by atoms with Crippen molar-refractivity contribution in [2.24, 2.45) is 0 Å². The molecule has 0 fully saturated rings. The molecular formula is C17H19N3. The second-order valence-corrected chi connectivity index (χ2v) is 5.26. The molecule has 1 heterocycles. The molecule has 1 aromatic carbocycles. The summed E-state index contributed by atoms with van der Waals surface area (Å²) in [4.78, 5) is 0. The molecule has 1 aromatic heterocycles. The second-order valence-electron chi connectivity index (χ2n) is 5.26. The molecular weight excluding hydrogens is 246 g/mol. The molecule has 0 radical (unpaired) electrons. The van der Waals surface area contributed by atoms with Crippen LogP contribution in [0.2, 0.25) is 0 Å². The van der Waals surface area contributed by atoms with Crippen LogP contribution in [0.5, 0.6) is 0 Å². The molecule has 20 heavy (non-hydrogen) atoms. The summed E-state index contributed by atoms with van der Waals surface area (Å²) in [5.41, 5.74) is 1.69. The highest BCUT2D eigenvalue weighted by Gasteiger charge is 2.32. The predicted octanol–water partition coefficient (Wildman–Crippen LogP) is 3.67. The Morgan fingerprint density at radius 2 is 2.25 bits per heavy atom. The van der Waals surface area contributed by atoms with Crippen LogP contribution < -0.4 is 0 Å². The van der Waals surface area contributed by atoms with Crippen LogP contribution >= 0.6 is 0 Å². The van der Waals surface area contributed by atoms with Crippen molar-refractivity contribution in [1.82, 2.24) is 15.0 Å². The van der Waals surface area contributed by atoms with Crippen LogP contribution in [0.15, 0.2) is 36.4 Å². The molecule has 1 unspecified atom stereocenters. The van der Waals surface area contributed by atoms with Gasteiger partial charge in [0.15, 0.2) is 0 Å². The zero-order valence-corrected chi connectivity index (χ0v) is 11.8. The maximum atomic E-state index is 4.36. The maximum Gasteiger partial charge on any atom is 0.143 e. The van der Waals surface area contributed by atoms with Crippen molar-refractivity contribution in [3.05, 3.63) is 36.4 Å². The maximum absolute atomic E-state index is 4.36. The number of rotatable bonds is 3. The van der Waals surface area contributed by atoms with Gasteiger partial charge in [-0.25, -0.2) is 4.68 Å². The molecule has 0 bridgehead atoms. The molecule has 102 valence electrons. The lowest BCUT2D eigenvalue weighted by Gasteiger charge is -2.21. The summed E-state index contributed by atoms with van der Waals surface area (Å²) in [6, 6.07) is 8.08. The molecule has 0 saturated carbocycles. The van der Waals surface area contributed by atoms with E-state index in [1.165, 1.54) is 6.42 Å². The van der Waals surface area contributed by atoms with Crippen molar-refractivity contribution in [3.8, 4) is 11.8 Å². The molecule has 0 spiro atoms. The fourth-order valence-electron chi connectivity index (χ4n) is 2.64. The number of hydrogen-bond acceptors (Lipinski definition) is 2. The van der Waals surface area contributed by atoms with Crippen LogP contribution in [0.25, 0.3) is 11.0 Å². The van der Waals surface area contributed by atoms with E-state index in [2.05, 4.69) is 47.3 Å². The van der Waals surface area contributed by atoms with Crippen molar-refractivity contribution >= 4 is 11.0 Å². The Hall–Kier alpha value is -2.08. The summed E-state index contributed by atoms with van der Waals surface area (Å²) in [5.74, 6) is 6.78. The van der Waals surface area contributed by atoms with Crippen molar-refractivity contribution in [1.29, 1.82) is 0 Å². The van der Waals surface area contributed by atoms with Gasteiger partial charge in [0.25, 0.3) is 0 Å². The topological polar surface area (TPSA) is 30.7 Å². The SMILES string of the molecule is CCCCC#CC1(n2nnc3ccccc32)C=CCC1. The van der Waals surface area contributed by atoms with Gasteiger partial charge in [0.05, 0.1) is 5.52 Å². The molecule has 0 aliphatic heterocycles. The quantitative estimate of drug-likeness (QED) is 0.481. The van der Waals surface area contributed by atoms with Crippen LogP contribution in [-0.4, -0.2) is 15.0 Å². The Balaban J connectivity index is 2.02. The molecule has 3 nitrogen and oxygen atoms in total. The Kier molecular flexibility index (Phi) is 3.56. The lowest BCUT2D eigenvalue weighted by molar-refractivity contribution is 0.428. The highest BCUT2D eigenvalue weighted by molar-refractivity contribution is 5.74. The van der Waals surface area contributed by atoms with Crippen LogP contribution in [0, 0.1) is 11.8 Å². The molecule has 2 aromatic rings. The molecule has 0 saturated heterocycles. The van der Waals surface area contributed by atoms with Crippen molar-refractivity contribution in [2.45, 2.75) is 44.6 Å². The van der Waals surface area contributed by atoms with E-state index in [0.717, 1.165) is 36.7 Å². The minimum atomic E-state index is -0.302. The fraction of sp³-hybridized carbons (Fsp3) is 0.412. The summed E-state index contributed by atoms with van der Waals surface area (Å²) >= 11 is 0. The van der Waals surface area contributed by atoms with E-state index in [4.69, 9.17) is 0 Å². The first-order valence-corrected chi connectivity index (χ1v) is 7.34. The normalized spacial score (nSPS) is 21.1. The average Bonchev–Trinajstić information content (AvgIpc) is 3.11. The number of nitrogens with zero attached hydrogens (tertiary/aromatic N) is 3. The van der Waals surface area contributed by atoms with E-state index in [1.54, 1.807) is 0 Å². The third-order valence-corrected chi connectivity index (χ3v) is 3.78. The van der Waals surface area contributed by atoms with Gasteiger partial charge in [-0.1, -0.05) is 42.7 Å². The highest BCUT2D eigenvalue weighted by Crippen LogP contribution is 2.32. The van der Waals surface area contributed by atoms with E-state index in [-0.39, 0.29) is 5.54 Å². The highest BCUT2D eigenvalue weighted by atomic mass is 15.5. The minimum absolute atomic E-state index is 0.302. The number of allylic oxidation sites excluding steroid dienone is 2. The van der Waals surface area contributed by atoms with Crippen LogP contribution in [0.3, 0.4) is 0 Å². The van der Waals surface area contributed by atoms with Gasteiger partial charge >= 0.3 is 0 Å². The standard InChI is InChI=1S/C17H19N3/c1-2-3-4-7-12-17(13-8-9-14-17)20-16-11-6-5-10-15(16)18-19-20/h5-6,8,10-11,13H,2-4,9,14H2,1H3. The van der Waals surface area contributed by atoms with Crippen molar-refractivity contribution in [2.75, 3.05) is 0 Å². The van der Waals surface area contributed by atoms with E-state index >= 15 is 0 Å². The molecule has 1 aliphatic rings. The van der Waals surface area contributed by atoms with Crippen LogP contribution in [-0.2, 0) is 5.54 Å². The lowest BCUT2D eigenvalue weighted by atomic mass is 9.99. The molecule has 0 amide bonds. The van der Waals surface area contributed by atoms with Gasteiger partial charge < -0.3 is 0 Å². The van der Waals surface area contributed by atoms with E-state index < -0.39 is 0 Å². The number of hydrogen-bond donors (Lipinski definition) is 0. The van der Waals surface area contributed by atoms with Gasteiger partial charge in [-0.2, -0.15) is 0 Å². The van der Waals surface area contributed by atoms with Gasteiger partial charge in [-0.05, 0) is 37.5 Å². The Labute approximate surface area is 119 Å². The first-order valence-electron chi connectivity index (χ1n) is 7.34. The van der Waals surface area contributed by atoms with E-state index in [0.29, 0.717) is 0 Å². The summed E-state index contributed by atoms with van der Waals surface area (Å²) in [6.07, 6.45) is 9.72. The van der Waals surface area contributed by atoms with E-state index in [1.807, 2.05) is 22.9 Å². The first kappa shape index (κ1) is 12.9. The van der Waals surface area contributed by atoms with E-state index in [9.17, 15) is 0 Å². The number of fused-ring (bicyclic) bond motifs is 1. The Morgan fingerprint density at radius 3 is 3.05 bits per heavy atom. The fourth-order valence-corrected chi connectivity index (χ4v) is 2.64. The zero-order valence-electron chi connectivity index (χ0n) is 11.8. The monoisotopic (exact) mass is 265 g/mol. The van der Waals surface area contributed by atoms with Gasteiger partial charge in [0, 0.05) is 6.42 Å². The lowest BCUT2D eigenvalue weighted by Crippen LogP contribution is -2.28. The van der Waals surface area contributed by atoms with Gasteiger partial charge in [0.1, 0.15) is 11.1 Å². The average molecular weight is 265 g/mol. The van der Waals surface area contributed by atoms with Crippen molar-refractivity contribution in [3.63, 3.8) is 0 Å². The predicted molar refractivity (Wildman–Crippen MR) is 81.2 cm³/mol. The third-order valence-electron chi connectivity index (χ3n) is 3.78. The summed E-state index contributed by atoms with van der Waals surface area (Å²) in [7, 11) is 0. The smallest absolute Gasteiger partial charge is 0.143 e. The Morgan fingerprint density at radius 1 is 1.35 bits per heavy atom. The molecule has 1 aliphatic carbocycles. The minimum Gasteiger partial charge on any atom is -0.223 e. The number of unbranched alkanes of at least 4 members (excludes halogenated alkanes) is 2. The Bertz CT molecular complexity index is 687. The summed E-state index contributed by atoms with van der Waals surface area (Å²) < 4.78 is 1.99. The van der Waals surface area contributed by atoms with Gasteiger partial charge in [0.2, 0.25) is 0 Å². The summed E-state index contributed by atoms with van der Waals surface area (Å²) in [6.45, 7) is 2.19. The van der Waals surface area contributed by atoms with Crippen LogP contribution in [0.1, 0.15) is 39.0 Å². The van der Waals surface area contributed by atoms with Gasteiger partial charge in [-0.15, -0.1) is 11.0 Å². The largest absolute Gasteiger partial charge is 0.223 e. The molecule has 3 rings (SSSR count). The van der Waals surface area contributed by atoms with Crippen LogP contribution in [0.4, 0.5) is 0 Å². The zero-order chi connectivity index (χ0) is 13.8. The first-order chi connectivity index (χ1) is 9.86. The number of aromatic nitrogens is 3. The molecule has 1 atom stereocenters. The second kappa shape index (κ2) is 5.50. The molecule has 3 heteroatoms. The van der Waals surface area contributed by atoms with Gasteiger partial charge in [-0.3, -0.25) is 0 Å². The third kappa shape index (κ3) is 2.22. The van der Waals surface area contributed by atoms with Crippen molar-refractivity contribution < 1.29 is 0 Å². The number of para-hydroxylation sites is 1. The molecule has 0 N–H and O–H groups in total. The summed E-state index contributed by atoms with van der Waals surface area (Å²) in [5, 5.41) is 8.63.